The van der Waals surface area contributed by atoms with E-state index in [4.69, 9.17) is 23.4 Å². The van der Waals surface area contributed by atoms with Gasteiger partial charge in [-0.05, 0) is 55.9 Å². The second-order valence-corrected chi connectivity index (χ2v) is 13.6. The predicted molar refractivity (Wildman–Crippen MR) is 156 cm³/mol. The molecule has 3 heterocycles. The Bertz CT molecular complexity index is 1240. The highest BCUT2D eigenvalue weighted by Gasteiger charge is 2.60. The van der Waals surface area contributed by atoms with E-state index in [0.717, 1.165) is 12.0 Å². The van der Waals surface area contributed by atoms with Gasteiger partial charge >= 0.3 is 5.97 Å². The average molecular weight is 655 g/mol. The number of carbonyl (C=O) groups is 2. The van der Waals surface area contributed by atoms with Crippen LogP contribution in [-0.4, -0.2) is 122 Å². The van der Waals surface area contributed by atoms with Gasteiger partial charge in [0, 0.05) is 6.42 Å². The van der Waals surface area contributed by atoms with Gasteiger partial charge in [-0.15, -0.1) is 0 Å². The lowest BCUT2D eigenvalue weighted by Crippen LogP contribution is -2.65. The van der Waals surface area contributed by atoms with Crippen LogP contribution in [0.2, 0.25) is 0 Å². The smallest absolute Gasteiger partial charge is 0.314 e. The Labute approximate surface area is 266 Å². The first-order chi connectivity index (χ1) is 21.8. The molecular weight excluding hydrogens is 608 g/mol. The minimum absolute atomic E-state index is 0.0805. The molecule has 0 radical (unpaired) electrons. The quantitative estimate of drug-likeness (QED) is 0.104. The Kier molecular flexibility index (Phi) is 10.5. The molecular formula is C32H46O14. The Morgan fingerprint density at radius 1 is 0.935 bits per heavy atom. The van der Waals surface area contributed by atoms with E-state index in [1.807, 2.05) is 0 Å². The van der Waals surface area contributed by atoms with Crippen LogP contribution in [-0.2, 0) is 23.7 Å². The van der Waals surface area contributed by atoms with E-state index in [2.05, 4.69) is 13.5 Å². The summed E-state index contributed by atoms with van der Waals surface area (Å²) in [6.07, 6.45) is -10.4. The van der Waals surface area contributed by atoms with E-state index in [-0.39, 0.29) is 24.0 Å². The van der Waals surface area contributed by atoms with Crippen molar-refractivity contribution in [3.05, 3.63) is 36.3 Å². The van der Waals surface area contributed by atoms with E-state index in [9.17, 15) is 45.3 Å². The normalized spacial score (nSPS) is 44.8. The number of esters is 1. The summed E-state index contributed by atoms with van der Waals surface area (Å²) >= 11 is 0. The number of ketones is 1. The Morgan fingerprint density at radius 3 is 2.22 bits per heavy atom. The van der Waals surface area contributed by atoms with Gasteiger partial charge < -0.3 is 59.1 Å². The second kappa shape index (κ2) is 13.7. The predicted octanol–water partition coefficient (Wildman–Crippen LogP) is -0.201. The highest BCUT2D eigenvalue weighted by Crippen LogP contribution is 2.62. The molecule has 14 unspecified atom stereocenters. The van der Waals surface area contributed by atoms with Crippen molar-refractivity contribution in [3.63, 3.8) is 0 Å². The van der Waals surface area contributed by atoms with Crippen LogP contribution in [0.5, 0.6) is 0 Å². The molecule has 2 saturated carbocycles. The molecule has 46 heavy (non-hydrogen) atoms. The van der Waals surface area contributed by atoms with Gasteiger partial charge in [0.1, 0.15) is 49.0 Å². The summed E-state index contributed by atoms with van der Waals surface area (Å²) in [4.78, 5) is 27.4. The number of carbonyl (C=O) groups excluding carboxylic acids is 2. The number of aliphatic hydroxyl groups excluding tert-OH is 7. The summed E-state index contributed by atoms with van der Waals surface area (Å²) in [7, 11) is 0. The lowest BCUT2D eigenvalue weighted by Gasteiger charge is -2.57. The van der Waals surface area contributed by atoms with Gasteiger partial charge in [0.25, 0.3) is 0 Å². The molecule has 0 spiro atoms. The van der Waals surface area contributed by atoms with Gasteiger partial charge in [-0.3, -0.25) is 9.59 Å². The molecule has 4 fully saturated rings. The van der Waals surface area contributed by atoms with E-state index in [1.165, 1.54) is 12.5 Å². The molecule has 258 valence electrons. The lowest BCUT2D eigenvalue weighted by atomic mass is 9.46. The second-order valence-electron chi connectivity index (χ2n) is 13.6. The van der Waals surface area contributed by atoms with E-state index < -0.39 is 91.4 Å². The number of hydrogen-bond donors (Lipinski definition) is 7. The number of furan rings is 1. The van der Waals surface area contributed by atoms with Gasteiger partial charge in [-0.2, -0.15) is 0 Å². The topological polar surface area (TPSA) is 226 Å². The molecule has 2 aliphatic heterocycles. The molecule has 0 aromatic carbocycles. The molecule has 2 saturated heterocycles. The Balaban J connectivity index is 1.38. The van der Waals surface area contributed by atoms with Gasteiger partial charge in [0.05, 0.1) is 30.5 Å². The Morgan fingerprint density at radius 2 is 1.59 bits per heavy atom. The van der Waals surface area contributed by atoms with Crippen LogP contribution in [0.3, 0.4) is 0 Å². The third kappa shape index (κ3) is 6.20. The molecule has 4 aliphatic rings. The van der Waals surface area contributed by atoms with Crippen LogP contribution in [0.4, 0.5) is 0 Å². The van der Waals surface area contributed by atoms with Gasteiger partial charge in [0.2, 0.25) is 6.29 Å². The zero-order chi connectivity index (χ0) is 33.6. The van der Waals surface area contributed by atoms with Crippen molar-refractivity contribution in [2.75, 3.05) is 13.2 Å². The summed E-state index contributed by atoms with van der Waals surface area (Å²) in [5, 5.41) is 71.9. The van der Waals surface area contributed by atoms with Crippen LogP contribution in [0, 0.1) is 22.7 Å². The summed E-state index contributed by atoms with van der Waals surface area (Å²) in [6.45, 7) is 6.70. The molecule has 0 bridgehead atoms. The largest absolute Gasteiger partial charge is 0.472 e. The summed E-state index contributed by atoms with van der Waals surface area (Å²) in [6, 6.07) is 1.62. The maximum Gasteiger partial charge on any atom is 0.314 e. The standard InChI is InChI=1S/C32H46O14/c1-15-5-6-21-31(2,17(15)11-18(35)16-7-10-42-14-16)8-4-9-32(21,3)30(41)46-29-27(25(39)23(37)20(13-34)44-29)45-28-26(40)24(38)22(36)19(12-33)43-28/h7,10,14,17,19-29,33-34,36-40H,1,4-6,8-9,11-13H2,2-3H3. The van der Waals surface area contributed by atoms with Gasteiger partial charge in [0.15, 0.2) is 18.2 Å². The third-order valence-corrected chi connectivity index (χ3v) is 10.9. The number of fused-ring (bicyclic) bond motifs is 1. The van der Waals surface area contributed by atoms with Crippen molar-refractivity contribution >= 4 is 11.8 Å². The summed E-state index contributed by atoms with van der Waals surface area (Å²) < 4.78 is 27.9. The van der Waals surface area contributed by atoms with Crippen molar-refractivity contribution < 1.29 is 68.7 Å². The van der Waals surface area contributed by atoms with Crippen LogP contribution < -0.4 is 0 Å². The molecule has 14 heteroatoms. The van der Waals surface area contributed by atoms with E-state index in [1.54, 1.807) is 13.0 Å². The van der Waals surface area contributed by atoms with Gasteiger partial charge in [-0.1, -0.05) is 25.5 Å². The third-order valence-electron chi connectivity index (χ3n) is 10.9. The fraction of sp³-hybridized carbons (Fsp3) is 0.750. The number of allylic oxidation sites excluding steroid dienone is 1. The van der Waals surface area contributed by atoms with E-state index in [0.29, 0.717) is 31.2 Å². The van der Waals surface area contributed by atoms with E-state index >= 15 is 0 Å². The van der Waals surface area contributed by atoms with Crippen LogP contribution in [0.15, 0.2) is 35.2 Å². The first kappa shape index (κ1) is 35.1. The minimum atomic E-state index is -1.84. The first-order valence-electron chi connectivity index (χ1n) is 15.8. The maximum atomic E-state index is 14.2. The number of hydrogen-bond acceptors (Lipinski definition) is 14. The summed E-state index contributed by atoms with van der Waals surface area (Å²) in [5.41, 5.74) is -0.142. The van der Waals surface area contributed by atoms with Crippen molar-refractivity contribution in [2.24, 2.45) is 22.7 Å². The highest BCUT2D eigenvalue weighted by atomic mass is 16.8. The molecule has 1 aromatic heterocycles. The fourth-order valence-electron chi connectivity index (χ4n) is 8.17. The van der Waals surface area contributed by atoms with Crippen molar-refractivity contribution in [2.45, 2.75) is 114 Å². The minimum Gasteiger partial charge on any atom is -0.472 e. The zero-order valence-corrected chi connectivity index (χ0v) is 26.0. The van der Waals surface area contributed by atoms with Crippen LogP contribution in [0.25, 0.3) is 0 Å². The van der Waals surface area contributed by atoms with Crippen molar-refractivity contribution in [3.8, 4) is 0 Å². The molecule has 0 amide bonds. The molecule has 14 atom stereocenters. The maximum absolute atomic E-state index is 14.2. The molecule has 7 N–H and O–H groups in total. The first-order valence-corrected chi connectivity index (χ1v) is 15.8. The fourth-order valence-corrected chi connectivity index (χ4v) is 8.17. The molecule has 1 aromatic rings. The molecule has 2 aliphatic carbocycles. The monoisotopic (exact) mass is 654 g/mol. The van der Waals surface area contributed by atoms with Crippen molar-refractivity contribution in [1.29, 1.82) is 0 Å². The SMILES string of the molecule is C=C1CCC2C(C)(C(=O)OC3OC(CO)C(O)C(O)C3OC3OC(CO)C(O)C(O)C3O)CCCC2(C)C1CC(=O)c1ccoc1. The number of aliphatic hydroxyl groups is 7. The highest BCUT2D eigenvalue weighted by molar-refractivity contribution is 5.96. The average Bonchev–Trinajstić information content (AvgIpc) is 3.57. The van der Waals surface area contributed by atoms with Crippen LogP contribution >= 0.6 is 0 Å². The molecule has 5 rings (SSSR count). The zero-order valence-electron chi connectivity index (χ0n) is 26.0. The number of ether oxygens (including phenoxy) is 4. The van der Waals surface area contributed by atoms with Crippen LogP contribution in [0.1, 0.15) is 62.7 Å². The van der Waals surface area contributed by atoms with Crippen molar-refractivity contribution in [1.82, 2.24) is 0 Å². The Hall–Kier alpha value is -2.24. The lowest BCUT2D eigenvalue weighted by molar-refractivity contribution is -0.363. The molecule has 14 nitrogen and oxygen atoms in total. The number of rotatable bonds is 9. The van der Waals surface area contributed by atoms with Gasteiger partial charge in [-0.25, -0.2) is 0 Å². The summed E-state index contributed by atoms with van der Waals surface area (Å²) in [5.74, 6) is -1.19. The number of Topliss-reactive ketones (excluding diaryl/α,β-unsaturated/α-hetero) is 1.